The van der Waals surface area contributed by atoms with E-state index in [4.69, 9.17) is 0 Å². The van der Waals surface area contributed by atoms with E-state index in [1.54, 1.807) is 5.57 Å². The van der Waals surface area contributed by atoms with E-state index in [0.717, 1.165) is 5.92 Å². The third-order valence-corrected chi connectivity index (χ3v) is 5.48. The van der Waals surface area contributed by atoms with Gasteiger partial charge in [0.15, 0.2) is 0 Å². The van der Waals surface area contributed by atoms with E-state index in [2.05, 4.69) is 40.3 Å². The molecule has 0 heteroatoms. The molecule has 16 heavy (non-hydrogen) atoms. The molecule has 0 spiro atoms. The molecule has 0 nitrogen and oxygen atoms in total. The normalized spacial score (nSPS) is 37.5. The van der Waals surface area contributed by atoms with Crippen LogP contribution in [0.1, 0.15) is 59.8 Å². The highest BCUT2D eigenvalue weighted by Crippen LogP contribution is 2.59. The number of fused-ring (bicyclic) bond motifs is 1. The molecule has 90 valence electrons. The number of rotatable bonds is 1. The van der Waals surface area contributed by atoms with Gasteiger partial charge in [-0.1, -0.05) is 44.6 Å². The van der Waals surface area contributed by atoms with E-state index in [0.29, 0.717) is 10.8 Å². The fourth-order valence-corrected chi connectivity index (χ4v) is 3.67. The predicted octanol–water partition coefficient (Wildman–Crippen LogP) is 5.12. The lowest BCUT2D eigenvalue weighted by Crippen LogP contribution is -2.43. The first-order valence-corrected chi connectivity index (χ1v) is 6.72. The second-order valence-corrected chi connectivity index (χ2v) is 6.77. The lowest BCUT2D eigenvalue weighted by atomic mass is 9.51. The Hall–Kier alpha value is -0.520. The molecule has 0 saturated heterocycles. The van der Waals surface area contributed by atoms with E-state index in [1.165, 1.54) is 37.7 Å². The Morgan fingerprint density at radius 2 is 2.06 bits per heavy atom. The third kappa shape index (κ3) is 1.67. The van der Waals surface area contributed by atoms with Crippen molar-refractivity contribution in [2.45, 2.75) is 59.8 Å². The van der Waals surface area contributed by atoms with Crippen molar-refractivity contribution in [1.82, 2.24) is 0 Å². The zero-order valence-corrected chi connectivity index (χ0v) is 11.4. The summed E-state index contributed by atoms with van der Waals surface area (Å²) < 4.78 is 0. The van der Waals surface area contributed by atoms with Gasteiger partial charge in [0.05, 0.1) is 0 Å². The van der Waals surface area contributed by atoms with Crippen molar-refractivity contribution in [2.75, 3.05) is 0 Å². The predicted molar refractivity (Wildman–Crippen MR) is 71.4 cm³/mol. The maximum absolute atomic E-state index is 4.18. The Morgan fingerprint density at radius 1 is 1.38 bits per heavy atom. The van der Waals surface area contributed by atoms with Gasteiger partial charge in [-0.05, 0) is 55.8 Å². The van der Waals surface area contributed by atoms with Crippen molar-refractivity contribution >= 4 is 0 Å². The SMILES string of the molecule is C=C(C)C1CCC2=CCCC(C)(C)C2(C)C1. The summed E-state index contributed by atoms with van der Waals surface area (Å²) in [6.45, 7) is 13.8. The second-order valence-electron chi connectivity index (χ2n) is 6.77. The average Bonchev–Trinajstić information content (AvgIpc) is 2.18. The van der Waals surface area contributed by atoms with E-state index in [1.807, 2.05) is 0 Å². The van der Waals surface area contributed by atoms with Crippen LogP contribution in [0, 0.1) is 16.7 Å². The molecule has 0 aromatic heterocycles. The summed E-state index contributed by atoms with van der Waals surface area (Å²) in [4.78, 5) is 0. The van der Waals surface area contributed by atoms with Gasteiger partial charge in [-0.25, -0.2) is 0 Å². The van der Waals surface area contributed by atoms with Crippen LogP contribution in [-0.4, -0.2) is 0 Å². The van der Waals surface area contributed by atoms with E-state index < -0.39 is 0 Å². The van der Waals surface area contributed by atoms with Gasteiger partial charge in [0.2, 0.25) is 0 Å². The first kappa shape index (κ1) is 12.0. The summed E-state index contributed by atoms with van der Waals surface area (Å²) >= 11 is 0. The average molecular weight is 218 g/mol. The minimum Gasteiger partial charge on any atom is -0.0999 e. The van der Waals surface area contributed by atoms with Gasteiger partial charge in [0.1, 0.15) is 0 Å². The Morgan fingerprint density at radius 3 is 2.69 bits per heavy atom. The van der Waals surface area contributed by atoms with Gasteiger partial charge < -0.3 is 0 Å². The van der Waals surface area contributed by atoms with Crippen LogP contribution >= 0.6 is 0 Å². The molecule has 2 aliphatic rings. The third-order valence-electron chi connectivity index (χ3n) is 5.48. The van der Waals surface area contributed by atoms with Crippen LogP contribution in [-0.2, 0) is 0 Å². The molecule has 2 unspecified atom stereocenters. The standard InChI is InChI=1S/C16H26/c1-12(2)13-8-9-14-7-6-10-15(3,4)16(14,5)11-13/h7,13H,1,6,8-11H2,2-5H3. The molecule has 0 amide bonds. The summed E-state index contributed by atoms with van der Waals surface area (Å²) in [6, 6.07) is 0. The van der Waals surface area contributed by atoms with Crippen LogP contribution in [0.15, 0.2) is 23.8 Å². The van der Waals surface area contributed by atoms with E-state index >= 15 is 0 Å². The first-order chi connectivity index (χ1) is 7.37. The highest BCUT2D eigenvalue weighted by atomic mass is 14.5. The van der Waals surface area contributed by atoms with Crippen LogP contribution in [0.4, 0.5) is 0 Å². The Balaban J connectivity index is 2.32. The molecule has 0 radical (unpaired) electrons. The van der Waals surface area contributed by atoms with E-state index in [-0.39, 0.29) is 0 Å². The molecule has 1 saturated carbocycles. The second kappa shape index (κ2) is 3.75. The largest absolute Gasteiger partial charge is 0.0999 e. The summed E-state index contributed by atoms with van der Waals surface area (Å²) in [5.74, 6) is 0.750. The molecular formula is C16H26. The van der Waals surface area contributed by atoms with Crippen molar-refractivity contribution < 1.29 is 0 Å². The van der Waals surface area contributed by atoms with Gasteiger partial charge >= 0.3 is 0 Å². The van der Waals surface area contributed by atoms with Gasteiger partial charge in [0, 0.05) is 0 Å². The maximum Gasteiger partial charge on any atom is -0.00595 e. The Kier molecular flexibility index (Phi) is 2.80. The lowest BCUT2D eigenvalue weighted by molar-refractivity contribution is 0.0609. The molecule has 0 bridgehead atoms. The van der Waals surface area contributed by atoms with Crippen LogP contribution in [0.2, 0.25) is 0 Å². The molecule has 0 N–H and O–H groups in total. The fraction of sp³-hybridized carbons (Fsp3) is 0.750. The minimum absolute atomic E-state index is 0.424. The Labute approximate surface area is 101 Å². The molecular weight excluding hydrogens is 192 g/mol. The van der Waals surface area contributed by atoms with Crippen molar-refractivity contribution in [3.8, 4) is 0 Å². The first-order valence-electron chi connectivity index (χ1n) is 6.72. The van der Waals surface area contributed by atoms with Crippen LogP contribution in [0.3, 0.4) is 0 Å². The Bertz CT molecular complexity index is 332. The quantitative estimate of drug-likeness (QED) is 0.536. The molecule has 2 rings (SSSR count). The van der Waals surface area contributed by atoms with Crippen molar-refractivity contribution in [1.29, 1.82) is 0 Å². The molecule has 1 fully saturated rings. The van der Waals surface area contributed by atoms with Crippen molar-refractivity contribution in [3.05, 3.63) is 23.8 Å². The molecule has 2 aliphatic carbocycles. The van der Waals surface area contributed by atoms with Gasteiger partial charge in [-0.2, -0.15) is 0 Å². The number of hydrogen-bond donors (Lipinski definition) is 0. The van der Waals surface area contributed by atoms with Gasteiger partial charge in [-0.15, -0.1) is 0 Å². The van der Waals surface area contributed by atoms with Crippen molar-refractivity contribution in [2.24, 2.45) is 16.7 Å². The van der Waals surface area contributed by atoms with Crippen LogP contribution < -0.4 is 0 Å². The highest BCUT2D eigenvalue weighted by Gasteiger charge is 2.48. The highest BCUT2D eigenvalue weighted by molar-refractivity contribution is 5.25. The minimum atomic E-state index is 0.424. The molecule has 0 aromatic carbocycles. The summed E-state index contributed by atoms with van der Waals surface area (Å²) in [5.41, 5.74) is 4.01. The van der Waals surface area contributed by atoms with Gasteiger partial charge in [0.25, 0.3) is 0 Å². The van der Waals surface area contributed by atoms with E-state index in [9.17, 15) is 0 Å². The lowest BCUT2D eigenvalue weighted by Gasteiger charge is -2.53. The smallest absolute Gasteiger partial charge is 0.00595 e. The number of hydrogen-bond acceptors (Lipinski definition) is 0. The molecule has 0 aromatic rings. The zero-order valence-electron chi connectivity index (χ0n) is 11.4. The fourth-order valence-electron chi connectivity index (χ4n) is 3.67. The summed E-state index contributed by atoms with van der Waals surface area (Å²) in [7, 11) is 0. The van der Waals surface area contributed by atoms with Gasteiger partial charge in [-0.3, -0.25) is 0 Å². The molecule has 0 aliphatic heterocycles. The van der Waals surface area contributed by atoms with Crippen LogP contribution in [0.25, 0.3) is 0 Å². The summed E-state index contributed by atoms with van der Waals surface area (Å²) in [5, 5.41) is 0. The molecule has 2 atom stereocenters. The zero-order chi connectivity index (χ0) is 12.0. The summed E-state index contributed by atoms with van der Waals surface area (Å²) in [6.07, 6.45) is 9.11. The number of allylic oxidation sites excluding steroid dienone is 3. The topological polar surface area (TPSA) is 0 Å². The maximum atomic E-state index is 4.18. The van der Waals surface area contributed by atoms with Crippen molar-refractivity contribution in [3.63, 3.8) is 0 Å². The van der Waals surface area contributed by atoms with Crippen LogP contribution in [0.5, 0.6) is 0 Å². The molecule has 0 heterocycles. The monoisotopic (exact) mass is 218 g/mol.